The minimum atomic E-state index is 0.0184. The first-order chi connectivity index (χ1) is 12.5. The molecule has 26 heavy (non-hydrogen) atoms. The van der Waals surface area contributed by atoms with Gasteiger partial charge in [0.25, 0.3) is 0 Å². The number of amides is 1. The SMILES string of the molecule is CN=C(NCCNC(=O)C(C)C)NCC1CCCN(C)C1c1cccs1. The molecule has 1 amide bonds. The summed E-state index contributed by atoms with van der Waals surface area (Å²) in [6.07, 6.45) is 2.46. The van der Waals surface area contributed by atoms with E-state index in [0.29, 0.717) is 25.0 Å². The number of likely N-dealkylation sites (tertiary alicyclic amines) is 1. The van der Waals surface area contributed by atoms with Crippen LogP contribution in [0.5, 0.6) is 0 Å². The van der Waals surface area contributed by atoms with Gasteiger partial charge < -0.3 is 16.0 Å². The van der Waals surface area contributed by atoms with Gasteiger partial charge in [-0.3, -0.25) is 14.7 Å². The number of aliphatic imine (C=N–C) groups is 1. The highest BCUT2D eigenvalue weighted by Gasteiger charge is 2.31. The van der Waals surface area contributed by atoms with Gasteiger partial charge >= 0.3 is 0 Å². The maximum atomic E-state index is 11.6. The van der Waals surface area contributed by atoms with Crippen LogP contribution < -0.4 is 16.0 Å². The summed E-state index contributed by atoms with van der Waals surface area (Å²) in [6.45, 7) is 7.11. The summed E-state index contributed by atoms with van der Waals surface area (Å²) in [6, 6.07) is 4.85. The lowest BCUT2D eigenvalue weighted by atomic mass is 9.88. The van der Waals surface area contributed by atoms with E-state index < -0.39 is 0 Å². The fourth-order valence-electron chi connectivity index (χ4n) is 3.40. The minimum Gasteiger partial charge on any atom is -0.356 e. The molecule has 0 aliphatic carbocycles. The van der Waals surface area contributed by atoms with Crippen molar-refractivity contribution in [2.45, 2.75) is 32.7 Å². The first-order valence-electron chi connectivity index (χ1n) is 9.48. The van der Waals surface area contributed by atoms with Gasteiger partial charge in [-0.15, -0.1) is 11.3 Å². The molecule has 2 atom stereocenters. The number of thiophene rings is 1. The second kappa shape index (κ2) is 10.5. The van der Waals surface area contributed by atoms with Crippen LogP contribution in [0.3, 0.4) is 0 Å². The molecule has 1 saturated heterocycles. The summed E-state index contributed by atoms with van der Waals surface area (Å²) in [7, 11) is 4.01. The smallest absolute Gasteiger partial charge is 0.222 e. The number of carbonyl (C=O) groups is 1. The normalized spacial score (nSPS) is 21.7. The van der Waals surface area contributed by atoms with Crippen molar-refractivity contribution in [2.75, 3.05) is 40.3 Å². The predicted molar refractivity (Wildman–Crippen MR) is 110 cm³/mol. The lowest BCUT2D eigenvalue weighted by Gasteiger charge is -2.39. The summed E-state index contributed by atoms with van der Waals surface area (Å²) in [5.74, 6) is 1.46. The van der Waals surface area contributed by atoms with Crippen LogP contribution in [0.4, 0.5) is 0 Å². The second-order valence-corrected chi connectivity index (χ2v) is 8.15. The Bertz CT molecular complexity index is 572. The summed E-state index contributed by atoms with van der Waals surface area (Å²) >= 11 is 1.84. The van der Waals surface area contributed by atoms with Gasteiger partial charge in [-0.25, -0.2) is 0 Å². The Morgan fingerprint density at radius 2 is 2.12 bits per heavy atom. The number of nitrogens with one attached hydrogen (secondary N) is 3. The monoisotopic (exact) mass is 379 g/mol. The number of piperidine rings is 1. The number of hydrogen-bond acceptors (Lipinski definition) is 4. The molecule has 0 aromatic carbocycles. The van der Waals surface area contributed by atoms with E-state index in [4.69, 9.17) is 0 Å². The van der Waals surface area contributed by atoms with E-state index in [0.717, 1.165) is 19.0 Å². The van der Waals surface area contributed by atoms with Crippen LogP contribution in [0, 0.1) is 11.8 Å². The largest absolute Gasteiger partial charge is 0.356 e. The standard InChI is InChI=1S/C19H33N5OS/c1-14(2)18(25)21-9-10-22-19(20-3)23-13-15-7-5-11-24(4)17(15)16-8-6-12-26-16/h6,8,12,14-15,17H,5,7,9-11,13H2,1-4H3,(H,21,25)(H2,20,22,23). The van der Waals surface area contributed by atoms with E-state index in [1.165, 1.54) is 17.7 Å². The van der Waals surface area contributed by atoms with Crippen LogP contribution in [0.2, 0.25) is 0 Å². The molecule has 6 nitrogen and oxygen atoms in total. The van der Waals surface area contributed by atoms with Crippen LogP contribution in [-0.2, 0) is 4.79 Å². The highest BCUT2D eigenvalue weighted by Crippen LogP contribution is 2.36. The van der Waals surface area contributed by atoms with Gasteiger partial charge in [0.2, 0.25) is 5.91 Å². The summed E-state index contributed by atoms with van der Waals surface area (Å²) in [5.41, 5.74) is 0. The van der Waals surface area contributed by atoms with E-state index >= 15 is 0 Å². The molecule has 2 unspecified atom stereocenters. The Morgan fingerprint density at radius 1 is 1.35 bits per heavy atom. The van der Waals surface area contributed by atoms with Crippen molar-refractivity contribution in [3.63, 3.8) is 0 Å². The molecular formula is C19H33N5OS. The lowest BCUT2D eigenvalue weighted by molar-refractivity contribution is -0.123. The molecule has 1 aromatic heterocycles. The molecule has 2 rings (SSSR count). The zero-order valence-corrected chi connectivity index (χ0v) is 17.2. The van der Waals surface area contributed by atoms with Crippen molar-refractivity contribution < 1.29 is 4.79 Å². The number of rotatable bonds is 7. The van der Waals surface area contributed by atoms with Gasteiger partial charge in [0.05, 0.1) is 0 Å². The molecule has 3 N–H and O–H groups in total. The van der Waals surface area contributed by atoms with Gasteiger partial charge in [-0.2, -0.15) is 0 Å². The van der Waals surface area contributed by atoms with Crippen molar-refractivity contribution in [3.05, 3.63) is 22.4 Å². The molecular weight excluding hydrogens is 346 g/mol. The summed E-state index contributed by atoms with van der Waals surface area (Å²) in [5, 5.41) is 11.8. The van der Waals surface area contributed by atoms with Gasteiger partial charge in [0.15, 0.2) is 5.96 Å². The topological polar surface area (TPSA) is 68.8 Å². The van der Waals surface area contributed by atoms with Gasteiger partial charge in [-0.05, 0) is 43.8 Å². The quantitative estimate of drug-likeness (QED) is 0.385. The first kappa shape index (κ1) is 20.7. The fourth-order valence-corrected chi connectivity index (χ4v) is 4.38. The van der Waals surface area contributed by atoms with Crippen molar-refractivity contribution >= 4 is 23.2 Å². The molecule has 0 radical (unpaired) electrons. The van der Waals surface area contributed by atoms with Crippen molar-refractivity contribution in [1.29, 1.82) is 0 Å². The first-order valence-corrected chi connectivity index (χ1v) is 10.4. The Hall–Kier alpha value is -1.60. The Morgan fingerprint density at radius 3 is 2.77 bits per heavy atom. The average Bonchev–Trinajstić information content (AvgIpc) is 3.14. The average molecular weight is 380 g/mol. The van der Waals surface area contributed by atoms with E-state index in [9.17, 15) is 4.79 Å². The molecule has 0 spiro atoms. The van der Waals surface area contributed by atoms with Crippen LogP contribution >= 0.6 is 11.3 Å². The maximum absolute atomic E-state index is 11.6. The zero-order chi connectivity index (χ0) is 18.9. The molecule has 0 saturated carbocycles. The zero-order valence-electron chi connectivity index (χ0n) is 16.4. The second-order valence-electron chi connectivity index (χ2n) is 7.17. The van der Waals surface area contributed by atoms with Gasteiger partial charge in [0.1, 0.15) is 0 Å². The number of hydrogen-bond donors (Lipinski definition) is 3. The van der Waals surface area contributed by atoms with Gasteiger partial charge in [-0.1, -0.05) is 19.9 Å². The highest BCUT2D eigenvalue weighted by atomic mass is 32.1. The van der Waals surface area contributed by atoms with Crippen molar-refractivity contribution in [3.8, 4) is 0 Å². The summed E-state index contributed by atoms with van der Waals surface area (Å²) in [4.78, 5) is 19.8. The molecule has 1 aliphatic rings. The van der Waals surface area contributed by atoms with E-state index in [-0.39, 0.29) is 11.8 Å². The third kappa shape index (κ3) is 5.99. The van der Waals surface area contributed by atoms with Crippen LogP contribution in [-0.4, -0.2) is 57.0 Å². The van der Waals surface area contributed by atoms with Gasteiger partial charge in [0, 0.05) is 43.5 Å². The number of carbonyl (C=O) groups excluding carboxylic acids is 1. The van der Waals surface area contributed by atoms with Crippen LogP contribution in [0.15, 0.2) is 22.5 Å². The lowest BCUT2D eigenvalue weighted by Crippen LogP contribution is -2.46. The Kier molecular flexibility index (Phi) is 8.38. The van der Waals surface area contributed by atoms with Crippen molar-refractivity contribution in [1.82, 2.24) is 20.9 Å². The Labute approximate surface area is 161 Å². The number of nitrogens with zero attached hydrogens (tertiary/aromatic N) is 2. The molecule has 146 valence electrons. The van der Waals surface area contributed by atoms with Crippen LogP contribution in [0.1, 0.15) is 37.6 Å². The van der Waals surface area contributed by atoms with E-state index in [2.05, 4.69) is 50.4 Å². The van der Waals surface area contributed by atoms with Crippen molar-refractivity contribution in [2.24, 2.45) is 16.8 Å². The molecule has 2 heterocycles. The fraction of sp³-hybridized carbons (Fsp3) is 0.684. The molecule has 1 aliphatic heterocycles. The molecule has 0 bridgehead atoms. The third-order valence-electron chi connectivity index (χ3n) is 4.84. The molecule has 7 heteroatoms. The van der Waals surface area contributed by atoms with Crippen LogP contribution in [0.25, 0.3) is 0 Å². The maximum Gasteiger partial charge on any atom is 0.222 e. The van der Waals surface area contributed by atoms with E-state index in [1.807, 2.05) is 25.2 Å². The van der Waals surface area contributed by atoms with E-state index in [1.54, 1.807) is 7.05 Å². The molecule has 1 aromatic rings. The molecule has 1 fully saturated rings. The summed E-state index contributed by atoms with van der Waals surface area (Å²) < 4.78 is 0. The number of guanidine groups is 1. The third-order valence-corrected chi connectivity index (χ3v) is 5.78. The highest BCUT2D eigenvalue weighted by molar-refractivity contribution is 7.10. The Balaban J connectivity index is 1.80. The minimum absolute atomic E-state index is 0.0184. The predicted octanol–water partition coefficient (Wildman–Crippen LogP) is 2.07.